The zero-order chi connectivity index (χ0) is 11.7. The molecule has 0 atom stereocenters. The molecule has 0 amide bonds. The zero-order valence-electron chi connectivity index (χ0n) is 7.80. The summed E-state index contributed by atoms with van der Waals surface area (Å²) in [5.74, 6) is -1.77. The molecule has 2 rings (SSSR count). The van der Waals surface area contributed by atoms with Crippen molar-refractivity contribution in [3.63, 3.8) is 0 Å². The van der Waals surface area contributed by atoms with Crippen LogP contribution in [-0.2, 0) is 0 Å². The van der Waals surface area contributed by atoms with Crippen LogP contribution in [-0.4, -0.2) is 16.3 Å². The van der Waals surface area contributed by atoms with Crippen molar-refractivity contribution in [2.75, 3.05) is 0 Å². The van der Waals surface area contributed by atoms with Crippen LogP contribution in [0.3, 0.4) is 0 Å². The second-order valence-electron chi connectivity index (χ2n) is 3.03. The second kappa shape index (κ2) is 4.13. The van der Waals surface area contributed by atoms with Crippen LogP contribution in [0.2, 0.25) is 0 Å². The molecular weight excluding hydrogens is 282 g/mol. The number of aromatic nitrogens is 2. The van der Waals surface area contributed by atoms with Crippen molar-refractivity contribution in [2.24, 2.45) is 0 Å². The lowest BCUT2D eigenvalue weighted by Crippen LogP contribution is -1.86. The molecule has 82 valence electrons. The number of nitrogens with one attached hydrogen (secondary N) is 1. The number of nitrogens with zero attached hydrogens (tertiary/aromatic N) is 1. The zero-order valence-corrected chi connectivity index (χ0v) is 9.38. The highest BCUT2D eigenvalue weighted by molar-refractivity contribution is 9.10. The van der Waals surface area contributed by atoms with Gasteiger partial charge in [-0.1, -0.05) is 0 Å². The Kier molecular flexibility index (Phi) is 2.82. The SMILES string of the molecule is O=Cc1nc(-c2ccc(F)c(F)c2)c(Br)[nH]1. The quantitative estimate of drug-likeness (QED) is 0.863. The third-order valence-electron chi connectivity index (χ3n) is 1.98. The van der Waals surface area contributed by atoms with Crippen molar-refractivity contribution in [1.29, 1.82) is 0 Å². The van der Waals surface area contributed by atoms with Gasteiger partial charge in [0.2, 0.25) is 0 Å². The van der Waals surface area contributed by atoms with E-state index in [4.69, 9.17) is 0 Å². The van der Waals surface area contributed by atoms with E-state index < -0.39 is 11.6 Å². The fourth-order valence-electron chi connectivity index (χ4n) is 1.26. The van der Waals surface area contributed by atoms with Gasteiger partial charge in [-0.05, 0) is 34.1 Å². The van der Waals surface area contributed by atoms with Crippen LogP contribution in [0.5, 0.6) is 0 Å². The molecule has 0 radical (unpaired) electrons. The Balaban J connectivity index is 2.53. The summed E-state index contributed by atoms with van der Waals surface area (Å²) in [6, 6.07) is 3.41. The van der Waals surface area contributed by atoms with E-state index in [0.717, 1.165) is 12.1 Å². The summed E-state index contributed by atoms with van der Waals surface area (Å²) in [4.78, 5) is 17.0. The van der Waals surface area contributed by atoms with Gasteiger partial charge in [-0.25, -0.2) is 13.8 Å². The van der Waals surface area contributed by atoms with Crippen molar-refractivity contribution in [3.05, 3.63) is 40.3 Å². The largest absolute Gasteiger partial charge is 0.330 e. The maximum atomic E-state index is 13.0. The number of carbonyl (C=O) groups excluding carboxylic acids is 1. The van der Waals surface area contributed by atoms with Gasteiger partial charge >= 0.3 is 0 Å². The number of hydrogen-bond acceptors (Lipinski definition) is 2. The summed E-state index contributed by atoms with van der Waals surface area (Å²) in [6.45, 7) is 0. The minimum Gasteiger partial charge on any atom is -0.330 e. The Morgan fingerprint density at radius 1 is 1.31 bits per heavy atom. The maximum absolute atomic E-state index is 13.0. The number of aldehydes is 1. The summed E-state index contributed by atoms with van der Waals surface area (Å²) in [7, 11) is 0. The highest BCUT2D eigenvalue weighted by Gasteiger charge is 2.11. The van der Waals surface area contributed by atoms with E-state index >= 15 is 0 Å². The molecule has 0 aliphatic heterocycles. The molecule has 3 nitrogen and oxygen atoms in total. The molecule has 0 saturated heterocycles. The summed E-state index contributed by atoms with van der Waals surface area (Å²) in [5, 5.41) is 0. The number of benzene rings is 1. The number of hydrogen-bond donors (Lipinski definition) is 1. The third-order valence-corrected chi connectivity index (χ3v) is 2.56. The first kappa shape index (κ1) is 10.9. The smallest absolute Gasteiger partial charge is 0.185 e. The lowest BCUT2D eigenvalue weighted by molar-refractivity contribution is 0.111. The van der Waals surface area contributed by atoms with Crippen LogP contribution in [0.25, 0.3) is 11.3 Å². The summed E-state index contributed by atoms with van der Waals surface area (Å²) in [5.41, 5.74) is 0.746. The van der Waals surface area contributed by atoms with Crippen molar-refractivity contribution in [3.8, 4) is 11.3 Å². The van der Waals surface area contributed by atoms with Gasteiger partial charge in [0, 0.05) is 5.56 Å². The highest BCUT2D eigenvalue weighted by Crippen LogP contribution is 2.26. The molecule has 0 saturated carbocycles. The first-order chi connectivity index (χ1) is 7.61. The van der Waals surface area contributed by atoms with E-state index in [0.29, 0.717) is 22.1 Å². The van der Waals surface area contributed by atoms with Gasteiger partial charge in [-0.3, -0.25) is 4.79 Å². The molecule has 6 heteroatoms. The minimum absolute atomic E-state index is 0.117. The van der Waals surface area contributed by atoms with E-state index in [9.17, 15) is 13.6 Å². The monoisotopic (exact) mass is 286 g/mol. The molecule has 0 unspecified atom stereocenters. The predicted molar refractivity (Wildman–Crippen MR) is 57.0 cm³/mol. The van der Waals surface area contributed by atoms with Gasteiger partial charge in [-0.2, -0.15) is 0 Å². The van der Waals surface area contributed by atoms with Crippen LogP contribution in [0.4, 0.5) is 8.78 Å². The number of carbonyl (C=O) groups is 1. The first-order valence-electron chi connectivity index (χ1n) is 4.28. The summed E-state index contributed by atoms with van der Waals surface area (Å²) < 4.78 is 26.1. The third kappa shape index (κ3) is 1.88. The maximum Gasteiger partial charge on any atom is 0.185 e. The van der Waals surface area contributed by atoms with Crippen LogP contribution >= 0.6 is 15.9 Å². The van der Waals surface area contributed by atoms with Gasteiger partial charge in [0.15, 0.2) is 23.7 Å². The van der Waals surface area contributed by atoms with Crippen molar-refractivity contribution in [1.82, 2.24) is 9.97 Å². The molecule has 0 aliphatic rings. The molecular formula is C10H5BrF2N2O. The van der Waals surface area contributed by atoms with E-state index in [2.05, 4.69) is 25.9 Å². The van der Waals surface area contributed by atoms with E-state index in [1.165, 1.54) is 6.07 Å². The van der Waals surface area contributed by atoms with Crippen LogP contribution in [0.1, 0.15) is 10.6 Å². The molecule has 0 bridgehead atoms. The molecule has 0 fully saturated rings. The summed E-state index contributed by atoms with van der Waals surface area (Å²) in [6.07, 6.45) is 0.536. The lowest BCUT2D eigenvalue weighted by Gasteiger charge is -1.98. The van der Waals surface area contributed by atoms with Gasteiger partial charge in [-0.15, -0.1) is 0 Å². The molecule has 0 aliphatic carbocycles. The van der Waals surface area contributed by atoms with Crippen molar-refractivity contribution >= 4 is 22.2 Å². The van der Waals surface area contributed by atoms with E-state index in [1.54, 1.807) is 0 Å². The number of imidazole rings is 1. The summed E-state index contributed by atoms with van der Waals surface area (Å²) >= 11 is 3.14. The Bertz CT molecular complexity index is 554. The van der Waals surface area contributed by atoms with Crippen LogP contribution in [0, 0.1) is 11.6 Å². The molecule has 16 heavy (non-hydrogen) atoms. The fraction of sp³-hybridized carbons (Fsp3) is 0. The van der Waals surface area contributed by atoms with Gasteiger partial charge < -0.3 is 4.98 Å². The average molecular weight is 287 g/mol. The molecule has 1 heterocycles. The van der Waals surface area contributed by atoms with Crippen LogP contribution < -0.4 is 0 Å². The standard InChI is InChI=1S/C10H5BrF2N2O/c11-10-9(14-8(4-16)15-10)5-1-2-6(12)7(13)3-5/h1-4H,(H,14,15). The number of aromatic amines is 1. The Labute approximate surface area is 97.6 Å². The van der Waals surface area contributed by atoms with Crippen molar-refractivity contribution < 1.29 is 13.6 Å². The predicted octanol–water partition coefficient (Wildman–Crippen LogP) is 2.93. The van der Waals surface area contributed by atoms with Gasteiger partial charge in [0.1, 0.15) is 10.3 Å². The normalized spacial score (nSPS) is 10.4. The molecule has 1 aromatic heterocycles. The number of H-pyrrole nitrogens is 1. The van der Waals surface area contributed by atoms with Gasteiger partial charge in [0.25, 0.3) is 0 Å². The van der Waals surface area contributed by atoms with Crippen molar-refractivity contribution in [2.45, 2.75) is 0 Å². The minimum atomic E-state index is -0.958. The molecule has 1 aromatic carbocycles. The number of rotatable bonds is 2. The average Bonchev–Trinajstić information content (AvgIpc) is 2.64. The number of halogens is 3. The second-order valence-corrected chi connectivity index (χ2v) is 3.82. The fourth-order valence-corrected chi connectivity index (χ4v) is 1.78. The Morgan fingerprint density at radius 2 is 2.06 bits per heavy atom. The first-order valence-corrected chi connectivity index (χ1v) is 5.07. The molecule has 0 spiro atoms. The topological polar surface area (TPSA) is 45.8 Å². The highest BCUT2D eigenvalue weighted by atomic mass is 79.9. The van der Waals surface area contributed by atoms with Gasteiger partial charge in [0.05, 0.1) is 0 Å². The molecule has 1 N–H and O–H groups in total. The van der Waals surface area contributed by atoms with E-state index in [-0.39, 0.29) is 5.82 Å². The Hall–Kier alpha value is -1.56. The Morgan fingerprint density at radius 3 is 2.62 bits per heavy atom. The molecule has 2 aromatic rings. The van der Waals surface area contributed by atoms with Crippen LogP contribution in [0.15, 0.2) is 22.8 Å². The van der Waals surface area contributed by atoms with E-state index in [1.807, 2.05) is 0 Å². The lowest BCUT2D eigenvalue weighted by atomic mass is 10.1.